The van der Waals surface area contributed by atoms with Gasteiger partial charge in [0.1, 0.15) is 18.6 Å². The predicted octanol–water partition coefficient (Wildman–Crippen LogP) is 1.41. The summed E-state index contributed by atoms with van der Waals surface area (Å²) in [6.45, 7) is 1.11. The summed E-state index contributed by atoms with van der Waals surface area (Å²) < 4.78 is 32.4. The number of aromatic nitrogens is 4. The summed E-state index contributed by atoms with van der Waals surface area (Å²) in [5, 5.41) is 3.78. The molecule has 3 rings (SSSR count). The van der Waals surface area contributed by atoms with Crippen LogP contribution in [0.2, 0.25) is 0 Å². The monoisotopic (exact) mass is 325 g/mol. The Balaban J connectivity index is 1.88. The maximum Gasteiger partial charge on any atom is 0.280 e. The van der Waals surface area contributed by atoms with E-state index in [0.29, 0.717) is 18.8 Å². The number of halogens is 2. The second-order valence-electron chi connectivity index (χ2n) is 5.49. The zero-order valence-electron chi connectivity index (χ0n) is 12.7. The number of hydrogen-bond donors (Lipinski definition) is 0. The fraction of sp³-hybridized carbons (Fsp3) is 0.571. The summed E-state index contributed by atoms with van der Waals surface area (Å²) >= 11 is 0. The lowest BCUT2D eigenvalue weighted by Gasteiger charge is -2.32. The number of piperidine rings is 1. The van der Waals surface area contributed by atoms with Gasteiger partial charge in [-0.3, -0.25) is 4.79 Å². The van der Waals surface area contributed by atoms with Gasteiger partial charge in [-0.1, -0.05) is 0 Å². The highest BCUT2D eigenvalue weighted by atomic mass is 19.3. The molecule has 124 valence electrons. The number of fused-ring (bicyclic) bond motifs is 1. The van der Waals surface area contributed by atoms with Crippen LogP contribution in [0.15, 0.2) is 12.4 Å². The van der Waals surface area contributed by atoms with Crippen LogP contribution in [-0.2, 0) is 9.53 Å². The average molecular weight is 325 g/mol. The smallest absolute Gasteiger partial charge is 0.280 e. The van der Waals surface area contributed by atoms with Crippen LogP contribution in [0, 0.1) is 0 Å². The molecule has 0 unspecified atom stereocenters. The van der Waals surface area contributed by atoms with Gasteiger partial charge < -0.3 is 9.64 Å². The number of carbonyl (C=O) groups is 1. The number of amides is 1. The van der Waals surface area contributed by atoms with Gasteiger partial charge >= 0.3 is 0 Å². The van der Waals surface area contributed by atoms with E-state index in [4.69, 9.17) is 4.74 Å². The molecule has 7 nitrogen and oxygen atoms in total. The van der Waals surface area contributed by atoms with Crippen molar-refractivity contribution in [1.82, 2.24) is 24.5 Å². The highest BCUT2D eigenvalue weighted by Crippen LogP contribution is 2.29. The Morgan fingerprint density at radius 2 is 2.35 bits per heavy atom. The largest absolute Gasteiger partial charge is 0.375 e. The molecule has 0 bridgehead atoms. The summed E-state index contributed by atoms with van der Waals surface area (Å²) in [5.41, 5.74) is 0.290. The minimum atomic E-state index is -2.67. The number of alkyl halides is 2. The summed E-state index contributed by atoms with van der Waals surface area (Å²) in [5.74, 6) is -0.0447. The molecule has 2 aromatic rings. The van der Waals surface area contributed by atoms with Crippen LogP contribution >= 0.6 is 0 Å². The van der Waals surface area contributed by atoms with Crippen molar-refractivity contribution in [3.63, 3.8) is 0 Å². The summed E-state index contributed by atoms with van der Waals surface area (Å²) in [7, 11) is 1.47. The molecule has 1 fully saturated rings. The highest BCUT2D eigenvalue weighted by molar-refractivity contribution is 5.77. The fourth-order valence-corrected chi connectivity index (χ4v) is 2.88. The Bertz CT molecular complexity index is 706. The van der Waals surface area contributed by atoms with Gasteiger partial charge in [-0.05, 0) is 18.9 Å². The van der Waals surface area contributed by atoms with Crippen LogP contribution in [0.25, 0.3) is 5.78 Å². The van der Waals surface area contributed by atoms with Gasteiger partial charge in [0.25, 0.3) is 12.2 Å². The molecule has 0 N–H and O–H groups in total. The minimum Gasteiger partial charge on any atom is -0.375 e. The van der Waals surface area contributed by atoms with E-state index in [1.807, 2.05) is 0 Å². The molecule has 23 heavy (non-hydrogen) atoms. The van der Waals surface area contributed by atoms with Gasteiger partial charge in [0.2, 0.25) is 5.91 Å². The van der Waals surface area contributed by atoms with E-state index >= 15 is 0 Å². The van der Waals surface area contributed by atoms with Crippen molar-refractivity contribution in [2.45, 2.75) is 25.2 Å². The van der Waals surface area contributed by atoms with Crippen LogP contribution in [0.4, 0.5) is 8.78 Å². The van der Waals surface area contributed by atoms with Gasteiger partial charge in [-0.25, -0.2) is 13.8 Å². The third-order valence-electron chi connectivity index (χ3n) is 3.98. The SMILES string of the molecule is COCC(=O)N1CCC[C@@H](c2cc(C(F)F)n3ncnc3n2)C1. The molecule has 9 heteroatoms. The first-order chi connectivity index (χ1) is 11.1. The molecular weight excluding hydrogens is 308 g/mol. The van der Waals surface area contributed by atoms with Crippen molar-refractivity contribution in [3.05, 3.63) is 23.8 Å². The van der Waals surface area contributed by atoms with E-state index in [0.717, 1.165) is 17.4 Å². The Hall–Kier alpha value is -2.16. The molecule has 0 saturated carbocycles. The first kappa shape index (κ1) is 15.7. The lowest BCUT2D eigenvalue weighted by molar-refractivity contribution is -0.136. The average Bonchev–Trinajstić information content (AvgIpc) is 3.02. The van der Waals surface area contributed by atoms with Crippen molar-refractivity contribution in [2.75, 3.05) is 26.8 Å². The van der Waals surface area contributed by atoms with Crippen molar-refractivity contribution >= 4 is 11.7 Å². The zero-order valence-corrected chi connectivity index (χ0v) is 12.7. The molecule has 1 amide bonds. The van der Waals surface area contributed by atoms with E-state index in [1.165, 1.54) is 19.5 Å². The van der Waals surface area contributed by atoms with E-state index in [-0.39, 0.29) is 29.9 Å². The molecule has 2 aromatic heterocycles. The lowest BCUT2D eigenvalue weighted by atomic mass is 9.94. The maximum atomic E-state index is 13.2. The van der Waals surface area contributed by atoms with Crippen LogP contribution in [0.1, 0.15) is 36.6 Å². The van der Waals surface area contributed by atoms with Crippen molar-refractivity contribution in [2.24, 2.45) is 0 Å². The van der Waals surface area contributed by atoms with Gasteiger partial charge in [-0.15, -0.1) is 0 Å². The fourth-order valence-electron chi connectivity index (χ4n) is 2.88. The Morgan fingerprint density at radius 3 is 3.09 bits per heavy atom. The normalized spacial score (nSPS) is 18.8. The molecular formula is C14H17F2N5O2. The van der Waals surface area contributed by atoms with Crippen molar-refractivity contribution in [3.8, 4) is 0 Å². The summed E-state index contributed by atoms with van der Waals surface area (Å²) in [4.78, 5) is 21.9. The third kappa shape index (κ3) is 3.14. The molecule has 1 aliphatic rings. The number of nitrogens with zero attached hydrogens (tertiary/aromatic N) is 5. The second-order valence-corrected chi connectivity index (χ2v) is 5.49. The summed E-state index contributed by atoms with van der Waals surface area (Å²) in [6, 6.07) is 1.36. The van der Waals surface area contributed by atoms with Crippen LogP contribution in [0.5, 0.6) is 0 Å². The second kappa shape index (κ2) is 6.53. The van der Waals surface area contributed by atoms with Crippen molar-refractivity contribution < 1.29 is 18.3 Å². The maximum absolute atomic E-state index is 13.2. The molecule has 1 saturated heterocycles. The first-order valence-corrected chi connectivity index (χ1v) is 7.35. The van der Waals surface area contributed by atoms with E-state index in [9.17, 15) is 13.6 Å². The Morgan fingerprint density at radius 1 is 1.52 bits per heavy atom. The van der Waals surface area contributed by atoms with Gasteiger partial charge in [-0.2, -0.15) is 14.6 Å². The van der Waals surface area contributed by atoms with Crippen LogP contribution in [-0.4, -0.2) is 57.2 Å². The number of carbonyl (C=O) groups excluding carboxylic acids is 1. The molecule has 3 heterocycles. The number of rotatable bonds is 4. The number of methoxy groups -OCH3 is 1. The van der Waals surface area contributed by atoms with Crippen molar-refractivity contribution in [1.29, 1.82) is 0 Å². The summed E-state index contributed by atoms with van der Waals surface area (Å²) in [6.07, 6.45) is 0.115. The lowest BCUT2D eigenvalue weighted by Crippen LogP contribution is -2.41. The molecule has 0 aliphatic carbocycles. The topological polar surface area (TPSA) is 72.6 Å². The Kier molecular flexibility index (Phi) is 4.46. The van der Waals surface area contributed by atoms with Gasteiger partial charge in [0.05, 0.1) is 5.69 Å². The van der Waals surface area contributed by atoms with E-state index in [1.54, 1.807) is 4.90 Å². The molecule has 0 aromatic carbocycles. The number of likely N-dealkylation sites (tertiary alicyclic amines) is 1. The van der Waals surface area contributed by atoms with E-state index in [2.05, 4.69) is 15.1 Å². The first-order valence-electron chi connectivity index (χ1n) is 7.35. The molecule has 1 atom stereocenters. The van der Waals surface area contributed by atoms with Crippen LogP contribution in [0.3, 0.4) is 0 Å². The predicted molar refractivity (Wildman–Crippen MR) is 76.2 cm³/mol. The zero-order chi connectivity index (χ0) is 16.4. The third-order valence-corrected chi connectivity index (χ3v) is 3.98. The van der Waals surface area contributed by atoms with Gasteiger partial charge in [0.15, 0.2) is 0 Å². The van der Waals surface area contributed by atoms with E-state index < -0.39 is 6.43 Å². The molecule has 1 aliphatic heterocycles. The number of hydrogen-bond acceptors (Lipinski definition) is 5. The number of ether oxygens (including phenoxy) is 1. The standard InChI is InChI=1S/C14H17F2N5O2/c1-23-7-12(22)20-4-2-3-9(6-20)10-5-11(13(15)16)21-14(19-10)17-8-18-21/h5,8-9,13H,2-4,6-7H2,1H3/t9-/m1/s1. The quantitative estimate of drug-likeness (QED) is 0.850. The Labute approximate surface area is 131 Å². The molecule has 0 spiro atoms. The minimum absolute atomic E-state index is 0.0195. The molecule has 0 radical (unpaired) electrons. The van der Waals surface area contributed by atoms with Crippen LogP contribution < -0.4 is 0 Å². The van der Waals surface area contributed by atoms with Gasteiger partial charge in [0, 0.05) is 26.1 Å². The highest BCUT2D eigenvalue weighted by Gasteiger charge is 2.27.